The van der Waals surface area contributed by atoms with Crippen molar-refractivity contribution in [2.24, 2.45) is 0 Å². The zero-order valence-corrected chi connectivity index (χ0v) is 59.7. The van der Waals surface area contributed by atoms with Gasteiger partial charge in [-0.1, -0.05) is 291 Å². The highest BCUT2D eigenvalue weighted by atomic mass is 16.3. The molecule has 6 heteroatoms. The fraction of sp³-hybridized carbons (Fsp3) is 0. The number of nitrogens with zero attached hydrogens (tertiary/aromatic N) is 4. The van der Waals surface area contributed by atoms with Crippen molar-refractivity contribution in [1.29, 1.82) is 0 Å². The van der Waals surface area contributed by atoms with Gasteiger partial charge in [-0.2, -0.15) is 0 Å². The molecule has 0 aliphatic carbocycles. The average molecular weight is 1400 g/mol. The lowest BCUT2D eigenvalue weighted by atomic mass is 9.93. The Bertz CT molecular complexity index is 7360. The Morgan fingerprint density at radius 2 is 0.582 bits per heavy atom. The molecule has 0 spiro atoms. The van der Waals surface area contributed by atoms with E-state index < -0.39 is 0 Å². The van der Waals surface area contributed by atoms with Crippen molar-refractivity contribution in [2.45, 2.75) is 0 Å². The number of hydrogen-bond acceptors (Lipinski definition) is 4. The lowest BCUT2D eigenvalue weighted by molar-refractivity contribution is 0.669. The molecular formula is C104H66N4O2. The van der Waals surface area contributed by atoms with E-state index in [4.69, 9.17) is 8.83 Å². The summed E-state index contributed by atoms with van der Waals surface area (Å²) in [5.74, 6) is 0. The molecule has 18 aromatic carbocycles. The molecule has 0 saturated heterocycles. The highest BCUT2D eigenvalue weighted by Gasteiger charge is 2.27. The molecule has 0 fully saturated rings. The lowest BCUT2D eigenvalue weighted by Gasteiger charge is -2.30. The minimum Gasteiger partial charge on any atom is -0.455 e. The summed E-state index contributed by atoms with van der Waals surface area (Å²) in [5.41, 5.74) is 27.4. The van der Waals surface area contributed by atoms with Crippen LogP contribution in [0.4, 0.5) is 34.1 Å². The Morgan fingerprint density at radius 1 is 0.200 bits per heavy atom. The van der Waals surface area contributed by atoms with Crippen LogP contribution in [-0.4, -0.2) is 9.13 Å². The molecule has 0 radical (unpaired) electrons. The number of rotatable bonds is 13. The summed E-state index contributed by atoms with van der Waals surface area (Å²) in [7, 11) is 0. The SMILES string of the molecule is c1cc(-c2ccc(N(c3cc(-c4cccc5c4c4ccccc4n5-c4ccc(-c5ccc(N(c6ccccc6-c6cccc7c6oc6ccccc67)c6cccc7ccccc67)cc5)cc4)ccc3-c3cccc4c3oc3ccccc34)c3cccc4ccccc34)cc2)cc(-n2c3ccccc3c3ccccc32)c1. The van der Waals surface area contributed by atoms with Crippen LogP contribution in [0.3, 0.4) is 0 Å². The summed E-state index contributed by atoms with van der Waals surface area (Å²) in [6.45, 7) is 0. The van der Waals surface area contributed by atoms with Crippen LogP contribution in [0, 0.1) is 0 Å². The van der Waals surface area contributed by atoms with E-state index in [0.717, 1.165) is 172 Å². The third-order valence-corrected chi connectivity index (χ3v) is 22.5. The first-order valence-corrected chi connectivity index (χ1v) is 37.6. The fourth-order valence-electron chi connectivity index (χ4n) is 17.5. The van der Waals surface area contributed by atoms with Crippen molar-refractivity contribution >= 4 is 143 Å². The second kappa shape index (κ2) is 25.5. The van der Waals surface area contributed by atoms with Crippen LogP contribution in [0.5, 0.6) is 0 Å². The number of anilines is 6. The number of hydrogen-bond donors (Lipinski definition) is 0. The van der Waals surface area contributed by atoms with Crippen LogP contribution >= 0.6 is 0 Å². The highest BCUT2D eigenvalue weighted by molar-refractivity contribution is 6.18. The molecule has 0 saturated carbocycles. The number of benzene rings is 18. The van der Waals surface area contributed by atoms with Gasteiger partial charge >= 0.3 is 0 Å². The molecule has 0 amide bonds. The van der Waals surface area contributed by atoms with Gasteiger partial charge in [0.25, 0.3) is 0 Å². The van der Waals surface area contributed by atoms with Crippen LogP contribution in [-0.2, 0) is 0 Å². The Labute approximate surface area is 634 Å². The number of para-hydroxylation sites is 8. The van der Waals surface area contributed by atoms with Gasteiger partial charge in [0, 0.05) is 98.9 Å². The second-order valence-electron chi connectivity index (χ2n) is 28.6. The molecule has 22 rings (SSSR count). The summed E-state index contributed by atoms with van der Waals surface area (Å²) in [6, 6.07) is 146. The summed E-state index contributed by atoms with van der Waals surface area (Å²) < 4.78 is 18.5. The molecular weight excluding hydrogens is 1340 g/mol. The maximum absolute atomic E-state index is 6.96. The van der Waals surface area contributed by atoms with Gasteiger partial charge < -0.3 is 27.8 Å². The van der Waals surface area contributed by atoms with Gasteiger partial charge in [-0.3, -0.25) is 0 Å². The van der Waals surface area contributed by atoms with Crippen molar-refractivity contribution in [1.82, 2.24) is 9.13 Å². The predicted molar refractivity (Wildman–Crippen MR) is 461 cm³/mol. The van der Waals surface area contributed by atoms with E-state index in [1.54, 1.807) is 0 Å². The molecule has 4 aromatic heterocycles. The summed E-state index contributed by atoms with van der Waals surface area (Å²) in [4.78, 5) is 4.89. The van der Waals surface area contributed by atoms with Gasteiger partial charge in [-0.15, -0.1) is 0 Å². The molecule has 6 nitrogen and oxygen atoms in total. The minimum absolute atomic E-state index is 0.849. The first kappa shape index (κ1) is 62.6. The van der Waals surface area contributed by atoms with E-state index in [1.165, 1.54) is 38.0 Å². The van der Waals surface area contributed by atoms with Gasteiger partial charge in [0.15, 0.2) is 0 Å². The third-order valence-electron chi connectivity index (χ3n) is 22.5. The Kier molecular flexibility index (Phi) is 14.5. The van der Waals surface area contributed by atoms with Crippen molar-refractivity contribution < 1.29 is 8.83 Å². The maximum atomic E-state index is 6.96. The van der Waals surface area contributed by atoms with Gasteiger partial charge in [-0.05, 0) is 153 Å². The largest absolute Gasteiger partial charge is 0.455 e. The average Bonchev–Trinajstić information content (AvgIpc) is 1.54. The normalized spacial score (nSPS) is 11.8. The molecule has 514 valence electrons. The quantitative estimate of drug-likeness (QED) is 0.115. The molecule has 110 heavy (non-hydrogen) atoms. The van der Waals surface area contributed by atoms with E-state index in [9.17, 15) is 0 Å². The molecule has 0 atom stereocenters. The highest BCUT2D eigenvalue weighted by Crippen LogP contribution is 2.51. The molecule has 4 heterocycles. The van der Waals surface area contributed by atoms with Gasteiger partial charge in [0.1, 0.15) is 22.3 Å². The number of furan rings is 2. The van der Waals surface area contributed by atoms with Crippen molar-refractivity contribution in [2.75, 3.05) is 9.80 Å². The third kappa shape index (κ3) is 10.1. The molecule has 0 N–H and O–H groups in total. The van der Waals surface area contributed by atoms with E-state index in [1.807, 2.05) is 6.07 Å². The Morgan fingerprint density at radius 3 is 1.18 bits per heavy atom. The molecule has 0 unspecified atom stereocenters. The first-order chi connectivity index (χ1) is 54.6. The fourth-order valence-corrected chi connectivity index (χ4v) is 17.5. The summed E-state index contributed by atoms with van der Waals surface area (Å²) in [5, 5.41) is 13.8. The van der Waals surface area contributed by atoms with E-state index >= 15 is 0 Å². The number of aromatic nitrogens is 2. The van der Waals surface area contributed by atoms with E-state index in [2.05, 4.69) is 413 Å². The van der Waals surface area contributed by atoms with Crippen LogP contribution in [0.15, 0.2) is 409 Å². The monoisotopic (exact) mass is 1400 g/mol. The lowest BCUT2D eigenvalue weighted by Crippen LogP contribution is -2.12. The first-order valence-electron chi connectivity index (χ1n) is 37.6. The smallest absolute Gasteiger partial charge is 0.143 e. The zero-order valence-electron chi connectivity index (χ0n) is 59.7. The van der Waals surface area contributed by atoms with Crippen LogP contribution in [0.25, 0.3) is 176 Å². The van der Waals surface area contributed by atoms with Crippen LogP contribution in [0.2, 0.25) is 0 Å². The molecule has 0 aliphatic heterocycles. The second-order valence-corrected chi connectivity index (χ2v) is 28.6. The van der Waals surface area contributed by atoms with Gasteiger partial charge in [0.2, 0.25) is 0 Å². The predicted octanol–water partition coefficient (Wildman–Crippen LogP) is 29.3. The topological polar surface area (TPSA) is 42.6 Å². The molecule has 0 aliphatic rings. The Balaban J connectivity index is 0.664. The maximum Gasteiger partial charge on any atom is 0.143 e. The van der Waals surface area contributed by atoms with Crippen LogP contribution in [0.1, 0.15) is 0 Å². The summed E-state index contributed by atoms with van der Waals surface area (Å²) in [6.07, 6.45) is 0. The molecule has 0 bridgehead atoms. The standard InChI is InChI=1S/C104H66N4O2/c1-3-29-78-70(23-1)25-18-46-92(78)105(96-44-13-7-33-83(96)87-38-20-40-89-85-34-9-15-49-100(85)109-103(87)89)74-58-51-67(52-59-74)68-53-60-75(61-54-68)106-97-45-14-8-36-91(97)102-80(37-22-48-98(102)106)73-57-64-84(88-39-21-41-90-86-35-10-16-50-101(86)110-104(88)90)99(66-73)107(93-47-19-26-71-24-2-4-30-79(71)93)76-62-55-69(56-63-76)72-27-17-28-77(65-72)108-94-42-11-5-31-81(94)82-32-6-12-43-95(82)108/h1-66H. The van der Waals surface area contributed by atoms with E-state index in [-0.39, 0.29) is 0 Å². The van der Waals surface area contributed by atoms with Crippen molar-refractivity contribution in [3.8, 4) is 67.0 Å². The van der Waals surface area contributed by atoms with Crippen LogP contribution < -0.4 is 9.80 Å². The number of fused-ring (bicyclic) bond motifs is 14. The zero-order chi connectivity index (χ0) is 72.3. The van der Waals surface area contributed by atoms with Gasteiger partial charge in [-0.25, -0.2) is 0 Å². The minimum atomic E-state index is 0.849. The summed E-state index contributed by atoms with van der Waals surface area (Å²) >= 11 is 0. The Hall–Kier alpha value is -14.7. The van der Waals surface area contributed by atoms with E-state index in [0.29, 0.717) is 0 Å². The van der Waals surface area contributed by atoms with Crippen molar-refractivity contribution in [3.63, 3.8) is 0 Å². The van der Waals surface area contributed by atoms with Crippen molar-refractivity contribution in [3.05, 3.63) is 400 Å². The molecule has 22 aromatic rings. The van der Waals surface area contributed by atoms with Gasteiger partial charge in [0.05, 0.1) is 44.8 Å².